The highest BCUT2D eigenvalue weighted by Gasteiger charge is 2.15. The van der Waals surface area contributed by atoms with Crippen LogP contribution in [0.4, 0.5) is 0 Å². The van der Waals surface area contributed by atoms with Crippen molar-refractivity contribution in [1.82, 2.24) is 4.98 Å². The summed E-state index contributed by atoms with van der Waals surface area (Å²) in [7, 11) is 1.62. The fraction of sp³-hybridized carbons (Fsp3) is 0.286. The van der Waals surface area contributed by atoms with E-state index in [9.17, 15) is 4.79 Å². The molecule has 0 aliphatic heterocycles. The highest BCUT2D eigenvalue weighted by Crippen LogP contribution is 2.15. The van der Waals surface area contributed by atoms with Gasteiger partial charge in [-0.15, -0.1) is 0 Å². The molecule has 0 atom stereocenters. The van der Waals surface area contributed by atoms with Crippen molar-refractivity contribution in [2.24, 2.45) is 0 Å². The van der Waals surface area contributed by atoms with Gasteiger partial charge in [0, 0.05) is 6.42 Å². The molecular formula is C14H15NO4. The second-order valence-electron chi connectivity index (χ2n) is 4.18. The summed E-state index contributed by atoms with van der Waals surface area (Å²) in [6.45, 7) is 1.63. The van der Waals surface area contributed by atoms with Crippen LogP contribution in [0.25, 0.3) is 0 Å². The summed E-state index contributed by atoms with van der Waals surface area (Å²) in [5.74, 6) is 0.0972. The minimum absolute atomic E-state index is 0.0790. The first-order chi connectivity index (χ1) is 9.10. The Hall–Kier alpha value is -2.30. The fourth-order valence-corrected chi connectivity index (χ4v) is 1.80. The Balaban J connectivity index is 2.01. The van der Waals surface area contributed by atoms with Gasteiger partial charge in [-0.3, -0.25) is 0 Å². The molecule has 0 saturated heterocycles. The summed E-state index contributed by atoms with van der Waals surface area (Å²) in [4.78, 5) is 14.9. The molecule has 1 aromatic carbocycles. The van der Waals surface area contributed by atoms with E-state index in [0.29, 0.717) is 18.0 Å². The van der Waals surface area contributed by atoms with Gasteiger partial charge in [0.25, 0.3) is 0 Å². The van der Waals surface area contributed by atoms with Gasteiger partial charge in [0.15, 0.2) is 5.89 Å². The number of nitrogens with zero attached hydrogens (tertiary/aromatic N) is 1. The van der Waals surface area contributed by atoms with E-state index in [1.165, 1.54) is 0 Å². The molecule has 0 saturated carbocycles. The monoisotopic (exact) mass is 261 g/mol. The van der Waals surface area contributed by atoms with Crippen LogP contribution in [0.1, 0.15) is 27.7 Å². The van der Waals surface area contributed by atoms with Crippen LogP contribution in [0.2, 0.25) is 0 Å². The lowest BCUT2D eigenvalue weighted by molar-refractivity contribution is 0.0659. The van der Waals surface area contributed by atoms with E-state index in [1.54, 1.807) is 14.0 Å². The quantitative estimate of drug-likeness (QED) is 0.895. The topological polar surface area (TPSA) is 72.6 Å². The van der Waals surface area contributed by atoms with Crippen LogP contribution in [0.5, 0.6) is 5.75 Å². The highest BCUT2D eigenvalue weighted by atomic mass is 16.5. The van der Waals surface area contributed by atoms with Crippen molar-refractivity contribution in [1.29, 1.82) is 0 Å². The predicted molar refractivity (Wildman–Crippen MR) is 68.6 cm³/mol. The molecule has 0 fully saturated rings. The molecule has 0 aliphatic rings. The molecule has 0 amide bonds. The number of hydrogen-bond acceptors (Lipinski definition) is 4. The minimum atomic E-state index is -1.08. The first kappa shape index (κ1) is 13.1. The third kappa shape index (κ3) is 3.13. The fourth-order valence-electron chi connectivity index (χ4n) is 1.80. The van der Waals surface area contributed by atoms with Gasteiger partial charge < -0.3 is 14.3 Å². The normalized spacial score (nSPS) is 10.4. The van der Waals surface area contributed by atoms with Gasteiger partial charge in [-0.05, 0) is 31.0 Å². The lowest BCUT2D eigenvalue weighted by Crippen LogP contribution is -1.95. The number of carboxylic acids is 1. The van der Waals surface area contributed by atoms with Crippen LogP contribution in [-0.4, -0.2) is 23.2 Å². The lowest BCUT2D eigenvalue weighted by atomic mass is 10.1. The summed E-state index contributed by atoms with van der Waals surface area (Å²) < 4.78 is 10.3. The van der Waals surface area contributed by atoms with E-state index in [4.69, 9.17) is 14.3 Å². The summed E-state index contributed by atoms with van der Waals surface area (Å²) >= 11 is 0. The number of aromatic nitrogens is 1. The van der Waals surface area contributed by atoms with Crippen molar-refractivity contribution >= 4 is 5.97 Å². The van der Waals surface area contributed by atoms with E-state index >= 15 is 0 Å². The number of hydrogen-bond donors (Lipinski definition) is 1. The average molecular weight is 261 g/mol. The van der Waals surface area contributed by atoms with Gasteiger partial charge in [0.1, 0.15) is 5.75 Å². The molecule has 0 bridgehead atoms. The smallest absolute Gasteiger partial charge is 0.373 e. The van der Waals surface area contributed by atoms with Crippen molar-refractivity contribution in [2.45, 2.75) is 19.8 Å². The number of carbonyl (C=O) groups is 1. The van der Waals surface area contributed by atoms with E-state index in [1.807, 2.05) is 24.3 Å². The number of aromatic carboxylic acids is 1. The molecule has 1 heterocycles. The van der Waals surface area contributed by atoms with Crippen molar-refractivity contribution in [3.63, 3.8) is 0 Å². The Labute approximate surface area is 110 Å². The summed E-state index contributed by atoms with van der Waals surface area (Å²) in [5, 5.41) is 8.87. The van der Waals surface area contributed by atoms with Gasteiger partial charge in [-0.1, -0.05) is 12.1 Å². The van der Waals surface area contributed by atoms with Crippen LogP contribution in [0.3, 0.4) is 0 Å². The Morgan fingerprint density at radius 3 is 2.53 bits per heavy atom. The third-order valence-corrected chi connectivity index (χ3v) is 2.82. The Bertz CT molecular complexity index is 572. The molecular weight excluding hydrogens is 246 g/mol. The van der Waals surface area contributed by atoms with E-state index in [-0.39, 0.29) is 5.76 Å². The molecule has 2 rings (SSSR count). The minimum Gasteiger partial charge on any atom is -0.497 e. The average Bonchev–Trinajstić information content (AvgIpc) is 2.78. The Kier molecular flexibility index (Phi) is 3.85. The molecule has 100 valence electrons. The Morgan fingerprint density at radius 1 is 1.32 bits per heavy atom. The maximum Gasteiger partial charge on any atom is 0.373 e. The number of carboxylic acid groups (broad SMARTS) is 1. The van der Waals surface area contributed by atoms with Crippen molar-refractivity contribution in [2.75, 3.05) is 7.11 Å². The van der Waals surface area contributed by atoms with Crippen molar-refractivity contribution in [3.8, 4) is 5.75 Å². The standard InChI is InChI=1S/C14H15NO4/c1-9-13(14(16)17)19-12(15-9)8-5-10-3-6-11(18-2)7-4-10/h3-4,6-7H,5,8H2,1-2H3,(H,16,17). The Morgan fingerprint density at radius 2 is 2.00 bits per heavy atom. The van der Waals surface area contributed by atoms with Gasteiger partial charge >= 0.3 is 5.97 Å². The summed E-state index contributed by atoms with van der Waals surface area (Å²) in [6.07, 6.45) is 1.31. The third-order valence-electron chi connectivity index (χ3n) is 2.82. The molecule has 0 unspecified atom stereocenters. The molecule has 19 heavy (non-hydrogen) atoms. The van der Waals surface area contributed by atoms with Gasteiger partial charge in [0.05, 0.1) is 12.8 Å². The second kappa shape index (κ2) is 5.56. The maximum absolute atomic E-state index is 10.8. The van der Waals surface area contributed by atoms with E-state index < -0.39 is 5.97 Å². The molecule has 5 heteroatoms. The zero-order valence-corrected chi connectivity index (χ0v) is 10.8. The summed E-state index contributed by atoms with van der Waals surface area (Å²) in [6, 6.07) is 7.71. The van der Waals surface area contributed by atoms with Gasteiger partial charge in [-0.2, -0.15) is 0 Å². The summed E-state index contributed by atoms with van der Waals surface area (Å²) in [5.41, 5.74) is 1.53. The largest absolute Gasteiger partial charge is 0.497 e. The molecule has 1 aromatic heterocycles. The lowest BCUT2D eigenvalue weighted by Gasteiger charge is -2.01. The molecule has 0 radical (unpaired) electrons. The SMILES string of the molecule is COc1ccc(CCc2nc(C)c(C(=O)O)o2)cc1. The number of ether oxygens (including phenoxy) is 1. The molecule has 0 aliphatic carbocycles. The first-order valence-corrected chi connectivity index (χ1v) is 5.92. The number of oxazole rings is 1. The molecule has 5 nitrogen and oxygen atoms in total. The number of rotatable bonds is 5. The zero-order valence-electron chi connectivity index (χ0n) is 10.8. The maximum atomic E-state index is 10.8. The van der Waals surface area contributed by atoms with E-state index in [0.717, 1.165) is 17.7 Å². The molecule has 0 spiro atoms. The highest BCUT2D eigenvalue weighted by molar-refractivity contribution is 5.85. The second-order valence-corrected chi connectivity index (χ2v) is 4.18. The van der Waals surface area contributed by atoms with Crippen LogP contribution >= 0.6 is 0 Å². The zero-order chi connectivity index (χ0) is 13.8. The number of benzene rings is 1. The number of methoxy groups -OCH3 is 1. The van der Waals surface area contributed by atoms with Crippen LogP contribution < -0.4 is 4.74 Å². The van der Waals surface area contributed by atoms with E-state index in [2.05, 4.69) is 4.98 Å². The van der Waals surface area contributed by atoms with Gasteiger partial charge in [-0.25, -0.2) is 9.78 Å². The first-order valence-electron chi connectivity index (χ1n) is 5.92. The molecule has 1 N–H and O–H groups in total. The van der Waals surface area contributed by atoms with Crippen molar-refractivity contribution < 1.29 is 19.1 Å². The van der Waals surface area contributed by atoms with Gasteiger partial charge in [0.2, 0.25) is 5.76 Å². The van der Waals surface area contributed by atoms with Crippen LogP contribution in [0.15, 0.2) is 28.7 Å². The van der Waals surface area contributed by atoms with Crippen molar-refractivity contribution in [3.05, 3.63) is 47.2 Å². The van der Waals surface area contributed by atoms with Crippen LogP contribution in [-0.2, 0) is 12.8 Å². The van der Waals surface area contributed by atoms with Crippen LogP contribution in [0, 0.1) is 6.92 Å². The number of aryl methyl sites for hydroxylation is 3. The molecule has 2 aromatic rings. The predicted octanol–water partition coefficient (Wildman–Crippen LogP) is 2.48.